The van der Waals surface area contributed by atoms with Gasteiger partial charge in [0.05, 0.1) is 14.5 Å². The second kappa shape index (κ2) is 5.93. The lowest BCUT2D eigenvalue weighted by Crippen LogP contribution is -1.96. The quantitative estimate of drug-likeness (QED) is 0.848. The SMILES string of the molecule is NCc1ccc(Oc2ccc(Cl)c(Cl)c2)c(Br)c1. The molecule has 0 radical (unpaired) electrons. The largest absolute Gasteiger partial charge is 0.456 e. The zero-order chi connectivity index (χ0) is 13.1. The van der Waals surface area contributed by atoms with Crippen LogP contribution < -0.4 is 10.5 Å². The Morgan fingerprint density at radius 1 is 1.06 bits per heavy atom. The highest BCUT2D eigenvalue weighted by Gasteiger charge is 2.05. The van der Waals surface area contributed by atoms with Crippen LogP contribution in [0.1, 0.15) is 5.56 Å². The van der Waals surface area contributed by atoms with E-state index in [2.05, 4.69) is 15.9 Å². The van der Waals surface area contributed by atoms with Gasteiger partial charge in [0.2, 0.25) is 0 Å². The van der Waals surface area contributed by atoms with Crippen molar-refractivity contribution in [2.24, 2.45) is 5.73 Å². The van der Waals surface area contributed by atoms with Crippen molar-refractivity contribution in [2.45, 2.75) is 6.54 Å². The van der Waals surface area contributed by atoms with Gasteiger partial charge in [0, 0.05) is 12.6 Å². The molecular formula is C13H10BrCl2NO. The molecule has 0 fully saturated rings. The summed E-state index contributed by atoms with van der Waals surface area (Å²) in [7, 11) is 0. The molecule has 2 aromatic carbocycles. The molecule has 0 amide bonds. The number of benzene rings is 2. The van der Waals surface area contributed by atoms with Crippen LogP contribution in [-0.2, 0) is 6.54 Å². The molecule has 0 aliphatic heterocycles. The van der Waals surface area contributed by atoms with Crippen LogP contribution in [0, 0.1) is 0 Å². The maximum atomic E-state index is 5.93. The van der Waals surface area contributed by atoms with Gasteiger partial charge in [0.15, 0.2) is 0 Å². The summed E-state index contributed by atoms with van der Waals surface area (Å²) in [5.74, 6) is 1.33. The number of nitrogens with two attached hydrogens (primary N) is 1. The van der Waals surface area contributed by atoms with Gasteiger partial charge in [-0.1, -0.05) is 29.3 Å². The molecule has 0 saturated heterocycles. The fourth-order valence-corrected chi connectivity index (χ4v) is 2.22. The molecule has 0 spiro atoms. The predicted molar refractivity (Wildman–Crippen MR) is 78.6 cm³/mol. The molecule has 2 N–H and O–H groups in total. The highest BCUT2D eigenvalue weighted by Crippen LogP contribution is 2.33. The van der Waals surface area contributed by atoms with E-state index in [1.54, 1.807) is 18.2 Å². The monoisotopic (exact) mass is 345 g/mol. The molecule has 5 heteroatoms. The summed E-state index contributed by atoms with van der Waals surface area (Å²) in [4.78, 5) is 0. The second-order valence-electron chi connectivity index (χ2n) is 3.65. The molecule has 0 unspecified atom stereocenters. The maximum Gasteiger partial charge on any atom is 0.141 e. The van der Waals surface area contributed by atoms with Crippen molar-refractivity contribution in [3.63, 3.8) is 0 Å². The van der Waals surface area contributed by atoms with Crippen LogP contribution >= 0.6 is 39.1 Å². The first-order valence-electron chi connectivity index (χ1n) is 5.21. The number of ether oxygens (including phenoxy) is 1. The average Bonchev–Trinajstić information content (AvgIpc) is 2.36. The number of halogens is 3. The van der Waals surface area contributed by atoms with Crippen LogP contribution in [0.15, 0.2) is 40.9 Å². The summed E-state index contributed by atoms with van der Waals surface area (Å²) >= 11 is 15.2. The van der Waals surface area contributed by atoms with Crippen molar-refractivity contribution in [3.8, 4) is 11.5 Å². The number of rotatable bonds is 3. The summed E-state index contributed by atoms with van der Waals surface area (Å²) in [5.41, 5.74) is 6.59. The second-order valence-corrected chi connectivity index (χ2v) is 5.32. The molecule has 2 aromatic rings. The van der Waals surface area contributed by atoms with Gasteiger partial charge in [0.25, 0.3) is 0 Å². The topological polar surface area (TPSA) is 35.2 Å². The Morgan fingerprint density at radius 2 is 1.83 bits per heavy atom. The van der Waals surface area contributed by atoms with E-state index in [0.717, 1.165) is 10.0 Å². The fourth-order valence-electron chi connectivity index (χ4n) is 1.42. The third kappa shape index (κ3) is 3.18. The van der Waals surface area contributed by atoms with Gasteiger partial charge in [-0.2, -0.15) is 0 Å². The zero-order valence-corrected chi connectivity index (χ0v) is 12.4. The first-order chi connectivity index (χ1) is 8.60. The molecule has 0 bridgehead atoms. The van der Waals surface area contributed by atoms with Crippen molar-refractivity contribution in [1.82, 2.24) is 0 Å². The maximum absolute atomic E-state index is 5.93. The third-order valence-electron chi connectivity index (χ3n) is 2.35. The van der Waals surface area contributed by atoms with Crippen molar-refractivity contribution in [2.75, 3.05) is 0 Å². The lowest BCUT2D eigenvalue weighted by molar-refractivity contribution is 0.479. The van der Waals surface area contributed by atoms with Crippen LogP contribution in [0.5, 0.6) is 11.5 Å². The summed E-state index contributed by atoms with van der Waals surface area (Å²) in [6.45, 7) is 0.492. The van der Waals surface area contributed by atoms with Gasteiger partial charge in [-0.25, -0.2) is 0 Å². The molecule has 0 heterocycles. The van der Waals surface area contributed by atoms with E-state index in [0.29, 0.717) is 28.1 Å². The molecule has 94 valence electrons. The molecule has 0 aliphatic rings. The van der Waals surface area contributed by atoms with E-state index in [4.69, 9.17) is 33.7 Å². The van der Waals surface area contributed by atoms with E-state index in [-0.39, 0.29) is 0 Å². The Balaban J connectivity index is 2.25. The minimum atomic E-state index is 0.462. The molecule has 2 rings (SSSR count). The summed E-state index contributed by atoms with van der Waals surface area (Å²) in [5, 5.41) is 0.963. The van der Waals surface area contributed by atoms with E-state index in [1.165, 1.54) is 0 Å². The van der Waals surface area contributed by atoms with E-state index >= 15 is 0 Å². The molecule has 0 aliphatic carbocycles. The highest BCUT2D eigenvalue weighted by atomic mass is 79.9. The Kier molecular flexibility index (Phi) is 4.51. The van der Waals surface area contributed by atoms with Crippen LogP contribution in [-0.4, -0.2) is 0 Å². The van der Waals surface area contributed by atoms with Gasteiger partial charge in [-0.05, 0) is 45.8 Å². The summed E-state index contributed by atoms with van der Waals surface area (Å²) in [6, 6.07) is 10.8. The molecule has 0 saturated carbocycles. The van der Waals surface area contributed by atoms with Crippen LogP contribution in [0.3, 0.4) is 0 Å². The molecule has 0 aromatic heterocycles. The fraction of sp³-hybridized carbons (Fsp3) is 0.0769. The lowest BCUT2D eigenvalue weighted by atomic mass is 10.2. The minimum absolute atomic E-state index is 0.462. The van der Waals surface area contributed by atoms with Gasteiger partial charge in [-0.15, -0.1) is 0 Å². The van der Waals surface area contributed by atoms with Crippen LogP contribution in [0.4, 0.5) is 0 Å². The van der Waals surface area contributed by atoms with Gasteiger partial charge in [-0.3, -0.25) is 0 Å². The first-order valence-corrected chi connectivity index (χ1v) is 6.76. The zero-order valence-electron chi connectivity index (χ0n) is 9.29. The molecule has 18 heavy (non-hydrogen) atoms. The first kappa shape index (κ1) is 13.7. The lowest BCUT2D eigenvalue weighted by Gasteiger charge is -2.09. The Bertz CT molecular complexity index is 575. The van der Waals surface area contributed by atoms with E-state index in [1.807, 2.05) is 18.2 Å². The predicted octanol–water partition coefficient (Wildman–Crippen LogP) is 5.01. The normalized spacial score (nSPS) is 10.4. The van der Waals surface area contributed by atoms with Crippen molar-refractivity contribution >= 4 is 39.1 Å². The minimum Gasteiger partial charge on any atom is -0.456 e. The van der Waals surface area contributed by atoms with Gasteiger partial charge >= 0.3 is 0 Å². The van der Waals surface area contributed by atoms with Crippen molar-refractivity contribution < 1.29 is 4.74 Å². The average molecular weight is 347 g/mol. The Morgan fingerprint density at radius 3 is 2.44 bits per heavy atom. The van der Waals surface area contributed by atoms with Crippen LogP contribution in [0.2, 0.25) is 10.0 Å². The van der Waals surface area contributed by atoms with E-state index in [9.17, 15) is 0 Å². The van der Waals surface area contributed by atoms with Crippen molar-refractivity contribution in [3.05, 3.63) is 56.5 Å². The van der Waals surface area contributed by atoms with Crippen molar-refractivity contribution in [1.29, 1.82) is 0 Å². The Hall–Kier alpha value is -0.740. The number of hydrogen-bond donors (Lipinski definition) is 1. The number of hydrogen-bond acceptors (Lipinski definition) is 2. The molecule has 2 nitrogen and oxygen atoms in total. The Labute approximate surface area is 124 Å². The van der Waals surface area contributed by atoms with E-state index < -0.39 is 0 Å². The van der Waals surface area contributed by atoms with Crippen LogP contribution in [0.25, 0.3) is 0 Å². The third-order valence-corrected chi connectivity index (χ3v) is 3.71. The smallest absolute Gasteiger partial charge is 0.141 e. The molecule has 0 atom stereocenters. The molecular weight excluding hydrogens is 337 g/mol. The summed E-state index contributed by atoms with van der Waals surface area (Å²) in [6.07, 6.45) is 0. The van der Waals surface area contributed by atoms with Gasteiger partial charge < -0.3 is 10.5 Å². The standard InChI is InChI=1S/C13H10BrCl2NO/c14-10-5-8(7-17)1-4-13(10)18-9-2-3-11(15)12(16)6-9/h1-6H,7,17H2. The highest BCUT2D eigenvalue weighted by molar-refractivity contribution is 9.10. The van der Waals surface area contributed by atoms with Gasteiger partial charge in [0.1, 0.15) is 11.5 Å². The summed E-state index contributed by atoms with van der Waals surface area (Å²) < 4.78 is 6.56.